The topological polar surface area (TPSA) is 109 Å². The molecule has 0 spiro atoms. The Morgan fingerprint density at radius 1 is 1.65 bits per heavy atom. The van der Waals surface area contributed by atoms with E-state index in [1.54, 1.807) is 0 Å². The number of anilines is 1. The molecule has 1 unspecified atom stereocenters. The Morgan fingerprint density at radius 3 is 2.95 bits per heavy atom. The van der Waals surface area contributed by atoms with Crippen molar-refractivity contribution in [3.8, 4) is 0 Å². The van der Waals surface area contributed by atoms with Crippen molar-refractivity contribution in [2.45, 2.75) is 18.9 Å². The predicted molar refractivity (Wildman–Crippen MR) is 72.0 cm³/mol. The molecule has 0 saturated carbocycles. The van der Waals surface area contributed by atoms with Gasteiger partial charge in [-0.05, 0) is 32.5 Å². The van der Waals surface area contributed by atoms with Crippen LogP contribution in [0.5, 0.6) is 0 Å². The van der Waals surface area contributed by atoms with E-state index < -0.39 is 10.9 Å². The van der Waals surface area contributed by atoms with Crippen LogP contribution in [0.3, 0.4) is 0 Å². The molecule has 1 aliphatic rings. The van der Waals surface area contributed by atoms with Crippen molar-refractivity contribution < 1.29 is 14.8 Å². The van der Waals surface area contributed by atoms with Crippen LogP contribution in [0.4, 0.5) is 11.5 Å². The summed E-state index contributed by atoms with van der Waals surface area (Å²) in [5, 5.41) is 22.7. The first-order valence-corrected chi connectivity index (χ1v) is 6.32. The zero-order chi connectivity index (χ0) is 14.7. The van der Waals surface area contributed by atoms with E-state index in [0.29, 0.717) is 6.54 Å². The molecular weight excluding hydrogens is 264 g/mol. The first-order chi connectivity index (χ1) is 9.49. The SMILES string of the molecule is CN1CCCC1CNc1nc(C(=O)O)ccc1[N+](=O)[O-]. The van der Waals surface area contributed by atoms with Crippen molar-refractivity contribution in [1.29, 1.82) is 0 Å². The molecule has 1 aliphatic heterocycles. The summed E-state index contributed by atoms with van der Waals surface area (Å²) in [7, 11) is 1.99. The highest BCUT2D eigenvalue weighted by Gasteiger charge is 2.23. The largest absolute Gasteiger partial charge is 0.477 e. The maximum absolute atomic E-state index is 10.9. The van der Waals surface area contributed by atoms with Gasteiger partial charge in [-0.2, -0.15) is 0 Å². The molecule has 0 amide bonds. The Labute approximate surface area is 115 Å². The number of hydrogen-bond acceptors (Lipinski definition) is 6. The summed E-state index contributed by atoms with van der Waals surface area (Å²) in [6.07, 6.45) is 2.10. The lowest BCUT2D eigenvalue weighted by Crippen LogP contribution is -2.32. The number of pyridine rings is 1. The van der Waals surface area contributed by atoms with Crippen LogP contribution in [0.15, 0.2) is 12.1 Å². The molecule has 1 aromatic heterocycles. The summed E-state index contributed by atoms with van der Waals surface area (Å²) >= 11 is 0. The third-order valence-electron chi connectivity index (χ3n) is 3.47. The molecule has 1 fully saturated rings. The summed E-state index contributed by atoms with van der Waals surface area (Å²) in [5.74, 6) is -1.20. The van der Waals surface area contributed by atoms with Crippen LogP contribution in [-0.2, 0) is 0 Å². The summed E-state index contributed by atoms with van der Waals surface area (Å²) < 4.78 is 0. The van der Waals surface area contributed by atoms with Crippen LogP contribution in [-0.4, -0.2) is 52.1 Å². The smallest absolute Gasteiger partial charge is 0.354 e. The predicted octanol–water partition coefficient (Wildman–Crippen LogP) is 1.19. The van der Waals surface area contributed by atoms with E-state index in [4.69, 9.17) is 5.11 Å². The van der Waals surface area contributed by atoms with Gasteiger partial charge in [0.15, 0.2) is 5.69 Å². The highest BCUT2D eigenvalue weighted by molar-refractivity contribution is 5.86. The second-order valence-electron chi connectivity index (χ2n) is 4.78. The van der Waals surface area contributed by atoms with Crippen LogP contribution in [0.25, 0.3) is 0 Å². The lowest BCUT2D eigenvalue weighted by molar-refractivity contribution is -0.384. The minimum Gasteiger partial charge on any atom is -0.477 e. The number of carboxylic acid groups (broad SMARTS) is 1. The van der Waals surface area contributed by atoms with Crippen LogP contribution < -0.4 is 5.32 Å². The fraction of sp³-hybridized carbons (Fsp3) is 0.500. The fourth-order valence-corrected chi connectivity index (χ4v) is 2.30. The van der Waals surface area contributed by atoms with E-state index in [1.165, 1.54) is 0 Å². The summed E-state index contributed by atoms with van der Waals surface area (Å²) in [6, 6.07) is 2.58. The highest BCUT2D eigenvalue weighted by Crippen LogP contribution is 2.23. The van der Waals surface area contributed by atoms with Crippen LogP contribution in [0.2, 0.25) is 0 Å². The molecule has 1 atom stereocenters. The summed E-state index contributed by atoms with van der Waals surface area (Å²) in [4.78, 5) is 27.2. The van der Waals surface area contributed by atoms with Crippen molar-refractivity contribution in [1.82, 2.24) is 9.88 Å². The van der Waals surface area contributed by atoms with E-state index >= 15 is 0 Å². The van der Waals surface area contributed by atoms with Crippen LogP contribution in [0, 0.1) is 10.1 Å². The molecule has 1 saturated heterocycles. The lowest BCUT2D eigenvalue weighted by Gasteiger charge is -2.19. The number of aromatic carboxylic acids is 1. The third kappa shape index (κ3) is 3.02. The molecule has 0 aromatic carbocycles. The zero-order valence-corrected chi connectivity index (χ0v) is 11.1. The quantitative estimate of drug-likeness (QED) is 0.616. The maximum atomic E-state index is 10.9. The third-order valence-corrected chi connectivity index (χ3v) is 3.47. The maximum Gasteiger partial charge on any atom is 0.354 e. The Bertz CT molecular complexity index is 534. The molecule has 0 radical (unpaired) electrons. The highest BCUT2D eigenvalue weighted by atomic mass is 16.6. The second-order valence-corrected chi connectivity index (χ2v) is 4.78. The van der Waals surface area contributed by atoms with Crippen molar-refractivity contribution in [3.05, 3.63) is 27.9 Å². The molecule has 1 aromatic rings. The van der Waals surface area contributed by atoms with Gasteiger partial charge in [-0.15, -0.1) is 0 Å². The Kier molecular flexibility index (Phi) is 4.14. The average molecular weight is 280 g/mol. The normalized spacial score (nSPS) is 18.9. The van der Waals surface area contributed by atoms with Gasteiger partial charge < -0.3 is 15.3 Å². The molecule has 108 valence electrons. The van der Waals surface area contributed by atoms with E-state index in [1.807, 2.05) is 7.05 Å². The number of likely N-dealkylation sites (N-methyl/N-ethyl adjacent to an activating group) is 1. The lowest BCUT2D eigenvalue weighted by atomic mass is 10.2. The molecule has 2 heterocycles. The molecule has 8 heteroatoms. The number of hydrogen-bond donors (Lipinski definition) is 2. The number of carboxylic acids is 1. The molecule has 8 nitrogen and oxygen atoms in total. The van der Waals surface area contributed by atoms with E-state index in [2.05, 4.69) is 15.2 Å². The van der Waals surface area contributed by atoms with Crippen molar-refractivity contribution >= 4 is 17.5 Å². The van der Waals surface area contributed by atoms with Gasteiger partial charge >= 0.3 is 11.7 Å². The van der Waals surface area contributed by atoms with E-state index in [-0.39, 0.29) is 23.2 Å². The number of aromatic nitrogens is 1. The summed E-state index contributed by atoms with van der Waals surface area (Å²) in [5.41, 5.74) is -0.423. The summed E-state index contributed by atoms with van der Waals surface area (Å²) in [6.45, 7) is 1.50. The van der Waals surface area contributed by atoms with Gasteiger partial charge in [0.2, 0.25) is 5.82 Å². The monoisotopic (exact) mass is 280 g/mol. The number of likely N-dealkylation sites (tertiary alicyclic amines) is 1. The van der Waals surface area contributed by atoms with E-state index in [9.17, 15) is 14.9 Å². The van der Waals surface area contributed by atoms with Gasteiger partial charge in [-0.3, -0.25) is 10.1 Å². The van der Waals surface area contributed by atoms with Gasteiger partial charge in [-0.1, -0.05) is 0 Å². The first kappa shape index (κ1) is 14.2. The van der Waals surface area contributed by atoms with Crippen molar-refractivity contribution in [2.75, 3.05) is 25.5 Å². The molecule has 2 N–H and O–H groups in total. The van der Waals surface area contributed by atoms with Gasteiger partial charge in [0.1, 0.15) is 0 Å². The Balaban J connectivity index is 2.17. The minimum absolute atomic E-state index is 0.00944. The van der Waals surface area contributed by atoms with Crippen LogP contribution >= 0.6 is 0 Å². The first-order valence-electron chi connectivity index (χ1n) is 6.32. The van der Waals surface area contributed by atoms with Crippen LogP contribution in [0.1, 0.15) is 23.3 Å². The molecular formula is C12H16N4O4. The van der Waals surface area contributed by atoms with Gasteiger partial charge in [0.25, 0.3) is 0 Å². The standard InChI is InChI=1S/C12H16N4O4/c1-15-6-2-3-8(15)7-13-11-10(16(19)20)5-4-9(14-11)12(17)18/h4-5,8H,2-3,6-7H2,1H3,(H,13,14)(H,17,18). The van der Waals surface area contributed by atoms with Gasteiger partial charge in [0.05, 0.1) is 4.92 Å². The Hall–Kier alpha value is -2.22. The van der Waals surface area contributed by atoms with Crippen molar-refractivity contribution in [3.63, 3.8) is 0 Å². The molecule has 2 rings (SSSR count). The molecule has 0 bridgehead atoms. The van der Waals surface area contributed by atoms with Gasteiger partial charge in [0, 0.05) is 18.7 Å². The molecule has 20 heavy (non-hydrogen) atoms. The number of rotatable bonds is 5. The number of carbonyl (C=O) groups is 1. The number of nitro groups is 1. The fourth-order valence-electron chi connectivity index (χ4n) is 2.30. The minimum atomic E-state index is -1.21. The second kappa shape index (κ2) is 5.83. The van der Waals surface area contributed by atoms with Gasteiger partial charge in [-0.25, -0.2) is 9.78 Å². The number of nitrogens with zero attached hydrogens (tertiary/aromatic N) is 3. The Morgan fingerprint density at radius 2 is 2.40 bits per heavy atom. The number of nitrogens with one attached hydrogen (secondary N) is 1. The average Bonchev–Trinajstić information content (AvgIpc) is 2.81. The zero-order valence-electron chi connectivity index (χ0n) is 11.1. The molecule has 0 aliphatic carbocycles. The van der Waals surface area contributed by atoms with E-state index in [0.717, 1.165) is 31.5 Å². The van der Waals surface area contributed by atoms with Crippen molar-refractivity contribution in [2.24, 2.45) is 0 Å².